The van der Waals surface area contributed by atoms with Gasteiger partial charge in [-0.05, 0) is 43.2 Å². The number of hydrogen-bond acceptors (Lipinski definition) is 5. The SMILES string of the molecule is O=C(CSc1cccc(NC(=O)C2CC2)c1)Nc1nc(-c2ccc(Br)cc2)cs1. The van der Waals surface area contributed by atoms with Gasteiger partial charge in [0.2, 0.25) is 11.8 Å². The van der Waals surface area contributed by atoms with Crippen molar-refractivity contribution in [1.29, 1.82) is 0 Å². The lowest BCUT2D eigenvalue weighted by atomic mass is 10.2. The van der Waals surface area contributed by atoms with Gasteiger partial charge in [-0.2, -0.15) is 0 Å². The van der Waals surface area contributed by atoms with Gasteiger partial charge in [-0.15, -0.1) is 23.1 Å². The predicted octanol–water partition coefficient (Wildman–Crippen LogP) is 5.65. The van der Waals surface area contributed by atoms with Crippen LogP contribution in [0.15, 0.2) is 63.3 Å². The second-order valence-electron chi connectivity index (χ2n) is 6.67. The van der Waals surface area contributed by atoms with Crippen molar-refractivity contribution in [2.45, 2.75) is 17.7 Å². The number of anilines is 2. The molecule has 0 unspecified atom stereocenters. The highest BCUT2D eigenvalue weighted by Crippen LogP contribution is 2.31. The summed E-state index contributed by atoms with van der Waals surface area (Å²) < 4.78 is 1.01. The van der Waals surface area contributed by atoms with Crippen molar-refractivity contribution in [3.05, 3.63) is 58.4 Å². The summed E-state index contributed by atoms with van der Waals surface area (Å²) in [5, 5.41) is 8.29. The van der Waals surface area contributed by atoms with Crippen molar-refractivity contribution in [2.24, 2.45) is 5.92 Å². The maximum atomic E-state index is 12.3. The first-order valence-corrected chi connectivity index (χ1v) is 11.8. The Bertz CT molecular complexity index is 1030. The summed E-state index contributed by atoms with van der Waals surface area (Å²) >= 11 is 6.25. The van der Waals surface area contributed by atoms with Crippen LogP contribution in [0, 0.1) is 5.92 Å². The van der Waals surface area contributed by atoms with E-state index in [1.165, 1.54) is 23.1 Å². The molecule has 1 fully saturated rings. The highest BCUT2D eigenvalue weighted by Gasteiger charge is 2.29. The van der Waals surface area contributed by atoms with Crippen LogP contribution in [0.1, 0.15) is 12.8 Å². The molecule has 1 heterocycles. The number of rotatable bonds is 7. The monoisotopic (exact) mass is 487 g/mol. The molecule has 0 aliphatic heterocycles. The summed E-state index contributed by atoms with van der Waals surface area (Å²) in [6, 6.07) is 15.5. The summed E-state index contributed by atoms with van der Waals surface area (Å²) in [6.45, 7) is 0. The van der Waals surface area contributed by atoms with Crippen LogP contribution in [0.5, 0.6) is 0 Å². The lowest BCUT2D eigenvalue weighted by molar-refractivity contribution is -0.117. The number of thioether (sulfide) groups is 1. The Hall–Kier alpha value is -2.16. The van der Waals surface area contributed by atoms with Crippen LogP contribution in [0.4, 0.5) is 10.8 Å². The van der Waals surface area contributed by atoms with E-state index in [1.807, 2.05) is 53.9 Å². The topological polar surface area (TPSA) is 71.1 Å². The van der Waals surface area contributed by atoms with Crippen LogP contribution in [-0.4, -0.2) is 22.6 Å². The molecule has 0 bridgehead atoms. The smallest absolute Gasteiger partial charge is 0.236 e. The molecule has 8 heteroatoms. The molecule has 3 aromatic rings. The molecule has 1 aliphatic rings. The number of benzene rings is 2. The van der Waals surface area contributed by atoms with Gasteiger partial charge in [0.25, 0.3) is 0 Å². The minimum absolute atomic E-state index is 0.0789. The third-order valence-corrected chi connectivity index (χ3v) is 6.59. The fourth-order valence-corrected chi connectivity index (χ4v) is 4.40. The Kier molecular flexibility index (Phi) is 6.32. The molecule has 0 spiro atoms. The number of halogens is 1. The fourth-order valence-electron chi connectivity index (χ4n) is 2.64. The molecule has 2 aromatic carbocycles. The largest absolute Gasteiger partial charge is 0.326 e. The number of nitrogens with zero attached hydrogens (tertiary/aromatic N) is 1. The van der Waals surface area contributed by atoms with Gasteiger partial charge in [-0.25, -0.2) is 4.98 Å². The number of amides is 2. The molecule has 0 saturated heterocycles. The Morgan fingerprint density at radius 1 is 1.14 bits per heavy atom. The molecular weight excluding hydrogens is 470 g/mol. The van der Waals surface area contributed by atoms with Crippen molar-refractivity contribution >= 4 is 61.7 Å². The van der Waals surface area contributed by atoms with Crippen LogP contribution in [0.2, 0.25) is 0 Å². The highest BCUT2D eigenvalue weighted by molar-refractivity contribution is 9.10. The van der Waals surface area contributed by atoms with E-state index in [9.17, 15) is 9.59 Å². The average Bonchev–Trinajstić information content (AvgIpc) is 3.47. The zero-order valence-electron chi connectivity index (χ0n) is 15.4. The van der Waals surface area contributed by atoms with E-state index in [1.54, 1.807) is 0 Å². The van der Waals surface area contributed by atoms with E-state index in [2.05, 4.69) is 31.5 Å². The minimum Gasteiger partial charge on any atom is -0.326 e. The standard InChI is InChI=1S/C21H18BrN3O2S2/c22-15-8-6-13(7-9-15)18-11-29-21(24-18)25-19(26)12-28-17-3-1-2-16(10-17)23-20(27)14-4-5-14/h1-3,6-11,14H,4-5,12H2,(H,23,27)(H,24,25,26). The van der Waals surface area contributed by atoms with E-state index < -0.39 is 0 Å². The molecule has 29 heavy (non-hydrogen) atoms. The van der Waals surface area contributed by atoms with Gasteiger partial charge < -0.3 is 10.6 Å². The van der Waals surface area contributed by atoms with Gasteiger partial charge in [0.15, 0.2) is 5.13 Å². The minimum atomic E-state index is -0.112. The molecular formula is C21H18BrN3O2S2. The number of carbonyl (C=O) groups excluding carboxylic acids is 2. The van der Waals surface area contributed by atoms with Crippen LogP contribution < -0.4 is 10.6 Å². The summed E-state index contributed by atoms with van der Waals surface area (Å²) in [5.74, 6) is 0.403. The van der Waals surface area contributed by atoms with Crippen LogP contribution in [-0.2, 0) is 9.59 Å². The van der Waals surface area contributed by atoms with Gasteiger partial charge in [0.05, 0.1) is 11.4 Å². The molecule has 2 amide bonds. The summed E-state index contributed by atoms with van der Waals surface area (Å²) in [6.07, 6.45) is 1.95. The van der Waals surface area contributed by atoms with E-state index in [0.29, 0.717) is 5.13 Å². The number of thiazole rings is 1. The number of carbonyl (C=O) groups is 2. The Balaban J connectivity index is 1.30. The second-order valence-corrected chi connectivity index (χ2v) is 9.50. The molecule has 0 radical (unpaired) electrons. The molecule has 2 N–H and O–H groups in total. The molecule has 0 atom stereocenters. The van der Waals surface area contributed by atoms with E-state index in [-0.39, 0.29) is 23.5 Å². The zero-order valence-corrected chi connectivity index (χ0v) is 18.6. The average molecular weight is 488 g/mol. The van der Waals surface area contributed by atoms with E-state index in [0.717, 1.165) is 39.2 Å². The predicted molar refractivity (Wildman–Crippen MR) is 122 cm³/mol. The molecule has 1 aromatic heterocycles. The summed E-state index contributed by atoms with van der Waals surface area (Å²) in [7, 11) is 0. The van der Waals surface area contributed by atoms with Gasteiger partial charge in [-0.1, -0.05) is 34.1 Å². The van der Waals surface area contributed by atoms with E-state index in [4.69, 9.17) is 0 Å². The van der Waals surface area contributed by atoms with Crippen molar-refractivity contribution in [3.63, 3.8) is 0 Å². The third-order valence-electron chi connectivity index (χ3n) is 4.31. The highest BCUT2D eigenvalue weighted by atomic mass is 79.9. The number of nitrogens with one attached hydrogen (secondary N) is 2. The molecule has 4 rings (SSSR count). The first kappa shape index (κ1) is 20.1. The number of hydrogen-bond donors (Lipinski definition) is 2. The van der Waals surface area contributed by atoms with Gasteiger partial charge in [-0.3, -0.25) is 9.59 Å². The lowest BCUT2D eigenvalue weighted by Crippen LogP contribution is -2.14. The Labute approximate surface area is 185 Å². The van der Waals surface area contributed by atoms with Crippen molar-refractivity contribution in [2.75, 3.05) is 16.4 Å². The number of aromatic nitrogens is 1. The summed E-state index contributed by atoms with van der Waals surface area (Å²) in [4.78, 5) is 29.6. The second kappa shape index (κ2) is 9.11. The van der Waals surface area contributed by atoms with Crippen LogP contribution in [0.25, 0.3) is 11.3 Å². The van der Waals surface area contributed by atoms with Crippen molar-refractivity contribution in [1.82, 2.24) is 4.98 Å². The molecule has 5 nitrogen and oxygen atoms in total. The fraction of sp³-hybridized carbons (Fsp3) is 0.190. The van der Waals surface area contributed by atoms with Crippen LogP contribution in [0.3, 0.4) is 0 Å². The first-order chi connectivity index (χ1) is 14.1. The van der Waals surface area contributed by atoms with Gasteiger partial charge in [0, 0.05) is 31.9 Å². The quantitative estimate of drug-likeness (QED) is 0.422. The van der Waals surface area contributed by atoms with Gasteiger partial charge >= 0.3 is 0 Å². The molecule has 148 valence electrons. The molecule has 1 saturated carbocycles. The van der Waals surface area contributed by atoms with Crippen molar-refractivity contribution < 1.29 is 9.59 Å². The maximum Gasteiger partial charge on any atom is 0.236 e. The Morgan fingerprint density at radius 3 is 2.69 bits per heavy atom. The molecule has 1 aliphatic carbocycles. The van der Waals surface area contributed by atoms with Crippen LogP contribution >= 0.6 is 39.0 Å². The zero-order chi connectivity index (χ0) is 20.2. The van der Waals surface area contributed by atoms with Gasteiger partial charge in [0.1, 0.15) is 0 Å². The normalized spacial score (nSPS) is 13.1. The third kappa shape index (κ3) is 5.68. The lowest BCUT2D eigenvalue weighted by Gasteiger charge is -2.07. The maximum absolute atomic E-state index is 12.3. The first-order valence-electron chi connectivity index (χ1n) is 9.12. The van der Waals surface area contributed by atoms with Crippen molar-refractivity contribution in [3.8, 4) is 11.3 Å². The van der Waals surface area contributed by atoms with E-state index >= 15 is 0 Å². The summed E-state index contributed by atoms with van der Waals surface area (Å²) in [5.41, 5.74) is 2.61. The Morgan fingerprint density at radius 2 is 1.93 bits per heavy atom.